The Bertz CT molecular complexity index is 433. The first kappa shape index (κ1) is 16.8. The molecule has 0 bridgehead atoms. The van der Waals surface area contributed by atoms with Gasteiger partial charge in [0.05, 0.1) is 0 Å². The summed E-state index contributed by atoms with van der Waals surface area (Å²) in [4.78, 5) is 9.22. The monoisotopic (exact) mass is 306 g/mol. The molecular formula is C16H30N6. The van der Waals surface area contributed by atoms with Crippen LogP contribution in [0.1, 0.15) is 6.92 Å². The van der Waals surface area contributed by atoms with Gasteiger partial charge in [-0.1, -0.05) is 0 Å². The molecule has 0 spiro atoms. The van der Waals surface area contributed by atoms with Gasteiger partial charge in [-0.05, 0) is 26.1 Å². The molecular weight excluding hydrogens is 276 g/mol. The molecule has 1 atom stereocenters. The van der Waals surface area contributed by atoms with Crippen molar-refractivity contribution in [1.82, 2.24) is 25.0 Å². The Morgan fingerprint density at radius 2 is 1.82 bits per heavy atom. The molecule has 2 N–H and O–H groups in total. The lowest BCUT2D eigenvalue weighted by atomic mass is 10.2. The first-order chi connectivity index (χ1) is 10.7. The average molecular weight is 306 g/mol. The molecule has 1 unspecified atom stereocenters. The van der Waals surface area contributed by atoms with Crippen molar-refractivity contribution in [3.63, 3.8) is 0 Å². The molecule has 1 saturated heterocycles. The Balaban J connectivity index is 1.65. The van der Waals surface area contributed by atoms with Gasteiger partial charge >= 0.3 is 0 Å². The van der Waals surface area contributed by atoms with Crippen molar-refractivity contribution in [3.05, 3.63) is 24.5 Å². The zero-order valence-electron chi connectivity index (χ0n) is 14.1. The second kappa shape index (κ2) is 8.80. The van der Waals surface area contributed by atoms with Crippen LogP contribution in [0.5, 0.6) is 0 Å². The van der Waals surface area contributed by atoms with Crippen LogP contribution in [0.25, 0.3) is 0 Å². The van der Waals surface area contributed by atoms with E-state index in [4.69, 9.17) is 0 Å². The van der Waals surface area contributed by atoms with Crippen molar-refractivity contribution < 1.29 is 0 Å². The number of aliphatic imine (C=N–C) groups is 1. The van der Waals surface area contributed by atoms with E-state index in [1.165, 1.54) is 0 Å². The smallest absolute Gasteiger partial charge is 0.191 e. The van der Waals surface area contributed by atoms with Crippen molar-refractivity contribution in [2.75, 3.05) is 53.4 Å². The molecule has 0 saturated carbocycles. The normalized spacial score (nSPS) is 19.1. The highest BCUT2D eigenvalue weighted by atomic mass is 15.3. The minimum absolute atomic E-state index is 0.525. The number of nitrogens with zero attached hydrogens (tertiary/aromatic N) is 4. The lowest BCUT2D eigenvalue weighted by Crippen LogP contribution is -2.52. The van der Waals surface area contributed by atoms with Gasteiger partial charge in [-0.15, -0.1) is 0 Å². The topological polar surface area (TPSA) is 47.8 Å². The van der Waals surface area contributed by atoms with Crippen LogP contribution in [0.4, 0.5) is 0 Å². The van der Waals surface area contributed by atoms with Crippen molar-refractivity contribution in [1.29, 1.82) is 0 Å². The lowest BCUT2D eigenvalue weighted by Gasteiger charge is -2.36. The fourth-order valence-corrected chi connectivity index (χ4v) is 2.68. The van der Waals surface area contributed by atoms with Crippen molar-refractivity contribution in [2.45, 2.75) is 19.5 Å². The minimum atomic E-state index is 0.525. The summed E-state index contributed by atoms with van der Waals surface area (Å²) in [6.45, 7) is 9.65. The third-order valence-electron chi connectivity index (χ3n) is 4.28. The summed E-state index contributed by atoms with van der Waals surface area (Å²) in [7, 11) is 4.02. The number of likely N-dealkylation sites (N-methyl/N-ethyl adjacent to an activating group) is 1. The average Bonchev–Trinajstić information content (AvgIpc) is 3.04. The Morgan fingerprint density at radius 1 is 1.14 bits per heavy atom. The molecule has 2 heterocycles. The maximum absolute atomic E-state index is 4.29. The molecule has 0 aliphatic carbocycles. The molecule has 1 aromatic heterocycles. The maximum Gasteiger partial charge on any atom is 0.191 e. The fourth-order valence-electron chi connectivity index (χ4n) is 2.68. The van der Waals surface area contributed by atoms with E-state index in [1.54, 1.807) is 0 Å². The molecule has 0 aromatic carbocycles. The van der Waals surface area contributed by atoms with Crippen LogP contribution in [0.15, 0.2) is 29.5 Å². The van der Waals surface area contributed by atoms with Crippen LogP contribution in [-0.4, -0.2) is 79.7 Å². The van der Waals surface area contributed by atoms with Gasteiger partial charge in [0.25, 0.3) is 0 Å². The largest absolute Gasteiger partial charge is 0.355 e. The summed E-state index contributed by atoms with van der Waals surface area (Å²) in [5, 5.41) is 6.80. The number of hydrogen-bond acceptors (Lipinski definition) is 3. The van der Waals surface area contributed by atoms with Gasteiger partial charge in [-0.2, -0.15) is 0 Å². The van der Waals surface area contributed by atoms with Crippen LogP contribution >= 0.6 is 0 Å². The molecule has 0 amide bonds. The highest BCUT2D eigenvalue weighted by Crippen LogP contribution is 2.03. The summed E-state index contributed by atoms with van der Waals surface area (Å²) in [5.41, 5.74) is 0. The summed E-state index contributed by atoms with van der Waals surface area (Å²) < 4.78 is 2.16. The van der Waals surface area contributed by atoms with Gasteiger partial charge in [-0.25, -0.2) is 0 Å². The van der Waals surface area contributed by atoms with Gasteiger partial charge < -0.3 is 20.1 Å². The van der Waals surface area contributed by atoms with Crippen LogP contribution in [-0.2, 0) is 6.54 Å². The quantitative estimate of drug-likeness (QED) is 0.586. The highest BCUT2D eigenvalue weighted by Gasteiger charge is 2.18. The summed E-state index contributed by atoms with van der Waals surface area (Å²) in [5.74, 6) is 0.883. The lowest BCUT2D eigenvalue weighted by molar-refractivity contribution is 0.120. The Morgan fingerprint density at radius 3 is 2.45 bits per heavy atom. The van der Waals surface area contributed by atoms with E-state index in [1.807, 2.05) is 19.2 Å². The Hall–Kier alpha value is -1.53. The third kappa shape index (κ3) is 5.35. The van der Waals surface area contributed by atoms with Gasteiger partial charge in [0.15, 0.2) is 5.96 Å². The summed E-state index contributed by atoms with van der Waals surface area (Å²) in [6.07, 6.45) is 4.15. The van der Waals surface area contributed by atoms with E-state index in [-0.39, 0.29) is 0 Å². The number of rotatable bonds is 6. The Kier molecular flexibility index (Phi) is 6.74. The first-order valence-corrected chi connectivity index (χ1v) is 8.17. The van der Waals surface area contributed by atoms with Crippen molar-refractivity contribution >= 4 is 5.96 Å². The predicted molar refractivity (Wildman–Crippen MR) is 92.3 cm³/mol. The molecule has 1 aliphatic heterocycles. The number of piperazine rings is 1. The predicted octanol–water partition coefficient (Wildman–Crippen LogP) is 0.289. The van der Waals surface area contributed by atoms with Crippen LogP contribution in [0.3, 0.4) is 0 Å². The van der Waals surface area contributed by atoms with E-state index in [0.29, 0.717) is 6.04 Å². The first-order valence-electron chi connectivity index (χ1n) is 8.17. The number of hydrogen-bond donors (Lipinski definition) is 2. The molecule has 1 fully saturated rings. The van der Waals surface area contributed by atoms with Gasteiger partial charge in [0.2, 0.25) is 0 Å². The van der Waals surface area contributed by atoms with E-state index in [0.717, 1.165) is 51.8 Å². The third-order valence-corrected chi connectivity index (χ3v) is 4.28. The molecule has 2 rings (SSSR count). The van der Waals surface area contributed by atoms with Crippen LogP contribution in [0.2, 0.25) is 0 Å². The van der Waals surface area contributed by atoms with Gasteiger partial charge in [-0.3, -0.25) is 9.89 Å². The minimum Gasteiger partial charge on any atom is -0.355 e. The van der Waals surface area contributed by atoms with E-state index < -0.39 is 0 Å². The van der Waals surface area contributed by atoms with E-state index >= 15 is 0 Å². The van der Waals surface area contributed by atoms with E-state index in [9.17, 15) is 0 Å². The molecule has 1 aromatic rings. The molecule has 1 aliphatic rings. The number of nitrogens with one attached hydrogen (secondary N) is 2. The second-order valence-corrected chi connectivity index (χ2v) is 5.99. The Labute approximate surface area is 134 Å². The molecule has 0 radical (unpaired) electrons. The molecule has 6 nitrogen and oxygen atoms in total. The highest BCUT2D eigenvalue weighted by molar-refractivity contribution is 5.79. The number of aromatic nitrogens is 1. The van der Waals surface area contributed by atoms with Gasteiger partial charge in [0.1, 0.15) is 0 Å². The SMILES string of the molecule is CN=C(NCCn1cccc1)NCC(C)N1CCN(C)CC1. The molecule has 6 heteroatoms. The van der Waals surface area contributed by atoms with Crippen molar-refractivity contribution in [2.24, 2.45) is 4.99 Å². The van der Waals surface area contributed by atoms with Gasteiger partial charge in [0, 0.05) is 71.3 Å². The van der Waals surface area contributed by atoms with E-state index in [2.05, 4.69) is 56.4 Å². The zero-order chi connectivity index (χ0) is 15.8. The maximum atomic E-state index is 4.29. The summed E-state index contributed by atoms with van der Waals surface area (Å²) in [6, 6.07) is 4.62. The number of guanidine groups is 1. The van der Waals surface area contributed by atoms with Crippen LogP contribution in [0, 0.1) is 0 Å². The van der Waals surface area contributed by atoms with Crippen LogP contribution < -0.4 is 10.6 Å². The fraction of sp³-hybridized carbons (Fsp3) is 0.688. The zero-order valence-corrected chi connectivity index (χ0v) is 14.1. The standard InChI is InChI=1S/C16H30N6/c1-15(22-12-10-20(3)11-13-22)14-19-16(17-2)18-6-9-21-7-4-5-8-21/h4-5,7-8,15H,6,9-14H2,1-3H3,(H2,17,18,19). The van der Waals surface area contributed by atoms with Crippen molar-refractivity contribution in [3.8, 4) is 0 Å². The molecule has 124 valence electrons. The second-order valence-electron chi connectivity index (χ2n) is 5.99. The molecule has 22 heavy (non-hydrogen) atoms. The summed E-state index contributed by atoms with van der Waals surface area (Å²) >= 11 is 0.